The molecular formula is C43H49F2N9O4. The van der Waals surface area contributed by atoms with E-state index in [2.05, 4.69) is 36.1 Å². The number of hydrogen-bond donors (Lipinski definition) is 4. The number of hydrogen-bond acceptors (Lipinski definition) is 10. The Labute approximate surface area is 335 Å². The summed E-state index contributed by atoms with van der Waals surface area (Å²) >= 11 is 0. The Balaban J connectivity index is 0.855. The van der Waals surface area contributed by atoms with Crippen LogP contribution in [0.25, 0.3) is 16.9 Å². The number of carbonyl (C=O) groups is 3. The van der Waals surface area contributed by atoms with Gasteiger partial charge in [-0.2, -0.15) is 0 Å². The highest BCUT2D eigenvalue weighted by molar-refractivity contribution is 6.01. The molecule has 304 valence electrons. The fraction of sp³-hybridized carbons (Fsp3) is 0.442. The number of rotatable bonds is 10. The van der Waals surface area contributed by atoms with Gasteiger partial charge < -0.3 is 20.9 Å². The first-order valence-corrected chi connectivity index (χ1v) is 20.4. The normalized spacial score (nSPS) is 22.5. The topological polar surface area (TPSA) is 154 Å². The predicted octanol–water partition coefficient (Wildman–Crippen LogP) is 5.15. The highest BCUT2D eigenvalue weighted by Crippen LogP contribution is 2.37. The molecule has 2 saturated carbocycles. The van der Waals surface area contributed by atoms with Gasteiger partial charge in [0.2, 0.25) is 23.7 Å². The van der Waals surface area contributed by atoms with Crippen molar-refractivity contribution < 1.29 is 23.2 Å². The second kappa shape index (κ2) is 17.0. The van der Waals surface area contributed by atoms with Gasteiger partial charge in [0.25, 0.3) is 5.56 Å². The second-order valence-electron chi connectivity index (χ2n) is 15.9. The number of aromatic nitrogens is 3. The van der Waals surface area contributed by atoms with Crippen LogP contribution in [0.4, 0.5) is 26.1 Å². The van der Waals surface area contributed by atoms with Crippen molar-refractivity contribution in [2.24, 2.45) is 0 Å². The van der Waals surface area contributed by atoms with Crippen molar-refractivity contribution in [3.05, 3.63) is 95.0 Å². The Morgan fingerprint density at radius 3 is 2.33 bits per heavy atom. The van der Waals surface area contributed by atoms with Crippen LogP contribution < -0.4 is 31.7 Å². The van der Waals surface area contributed by atoms with Gasteiger partial charge in [-0.25, -0.2) is 18.7 Å². The van der Waals surface area contributed by atoms with Crippen molar-refractivity contribution in [1.29, 1.82) is 0 Å². The van der Waals surface area contributed by atoms with Crippen LogP contribution in [0.5, 0.6) is 0 Å². The number of piperazine rings is 1. The van der Waals surface area contributed by atoms with E-state index in [0.717, 1.165) is 64.0 Å². The highest BCUT2D eigenvalue weighted by Gasteiger charge is 2.46. The Bertz CT molecular complexity index is 2210. The minimum atomic E-state index is -0.600. The van der Waals surface area contributed by atoms with E-state index in [1.807, 2.05) is 4.90 Å². The standard InChI is InChI=1S/C43H49F2N9O4/c44-33-26-31(47-35-15-17-37(55)50-40(35)57)14-16-36(33)52-21-23-53(24-22-52)43(18-3-1-4-19-43)41(58)48-29-10-12-30(13-11-29)49-42-46-27-34(45)39(51-42)28-7-6-8-32(25-28)54-20-5-2-9-38(54)56/h2,5-9,14,16,20,25-27,29-30,35,47H,1,3-4,10-13,15,17-19,21-24H2,(H,48,58)(H,46,49,51)(H,50,55,57)/t29?,30?,35-/m1/s1. The second-order valence-corrected chi connectivity index (χ2v) is 15.9. The van der Waals surface area contributed by atoms with Gasteiger partial charge in [-0.05, 0) is 81.3 Å². The molecule has 3 amide bonds. The first kappa shape index (κ1) is 39.1. The molecule has 4 heterocycles. The Hall–Kier alpha value is -5.70. The Morgan fingerprint density at radius 2 is 1.59 bits per heavy atom. The lowest BCUT2D eigenvalue weighted by atomic mass is 9.78. The molecule has 58 heavy (non-hydrogen) atoms. The molecule has 4 aromatic rings. The number of pyridine rings is 1. The fourth-order valence-corrected chi connectivity index (χ4v) is 9.05. The molecule has 2 aromatic heterocycles. The van der Waals surface area contributed by atoms with Crippen LogP contribution >= 0.6 is 0 Å². The molecule has 4 aliphatic rings. The summed E-state index contributed by atoms with van der Waals surface area (Å²) in [6.07, 6.45) is 11.2. The van der Waals surface area contributed by atoms with E-state index in [4.69, 9.17) is 0 Å². The zero-order valence-electron chi connectivity index (χ0n) is 32.4. The molecule has 8 rings (SSSR count). The largest absolute Gasteiger partial charge is 0.374 e. The number of amides is 3. The Kier molecular flexibility index (Phi) is 11.5. The summed E-state index contributed by atoms with van der Waals surface area (Å²) in [5, 5.41) is 12.2. The van der Waals surface area contributed by atoms with Gasteiger partial charge in [0.15, 0.2) is 5.82 Å². The molecule has 15 heteroatoms. The van der Waals surface area contributed by atoms with Crippen molar-refractivity contribution in [2.75, 3.05) is 41.7 Å². The molecule has 2 aromatic carbocycles. The first-order valence-electron chi connectivity index (χ1n) is 20.4. The minimum absolute atomic E-state index is 0.0286. The van der Waals surface area contributed by atoms with Gasteiger partial charge in [-0.1, -0.05) is 37.5 Å². The molecule has 4 fully saturated rings. The number of benzene rings is 2. The smallest absolute Gasteiger partial charge is 0.255 e. The Morgan fingerprint density at radius 1 is 0.810 bits per heavy atom. The number of piperidine rings is 1. The third-order valence-corrected chi connectivity index (χ3v) is 12.2. The number of anilines is 3. The van der Waals surface area contributed by atoms with Gasteiger partial charge in [0.05, 0.1) is 11.9 Å². The van der Waals surface area contributed by atoms with Gasteiger partial charge in [-0.3, -0.25) is 34.0 Å². The average molecular weight is 794 g/mol. The summed E-state index contributed by atoms with van der Waals surface area (Å²) in [7, 11) is 0. The molecule has 0 radical (unpaired) electrons. The van der Waals surface area contributed by atoms with Crippen molar-refractivity contribution in [2.45, 2.75) is 94.3 Å². The van der Waals surface area contributed by atoms with E-state index >= 15 is 8.78 Å². The van der Waals surface area contributed by atoms with E-state index in [-0.39, 0.29) is 47.4 Å². The summed E-state index contributed by atoms with van der Waals surface area (Å²) in [6.45, 7) is 2.42. The van der Waals surface area contributed by atoms with Crippen LogP contribution in [-0.2, 0) is 14.4 Å². The number of nitrogens with zero attached hydrogens (tertiary/aromatic N) is 5. The number of halogens is 2. The van der Waals surface area contributed by atoms with E-state index < -0.39 is 23.3 Å². The van der Waals surface area contributed by atoms with Crippen molar-refractivity contribution in [3.8, 4) is 16.9 Å². The molecule has 2 aliphatic carbocycles. The minimum Gasteiger partial charge on any atom is -0.374 e. The summed E-state index contributed by atoms with van der Waals surface area (Å²) < 4.78 is 32.0. The summed E-state index contributed by atoms with van der Waals surface area (Å²) in [6, 6.07) is 16.3. The SMILES string of the molecule is O=C1CC[C@@H](Nc2ccc(N3CCN(C4(C(=O)NC5CCC(Nc6ncc(F)c(-c7cccc(-n8ccccc8=O)c7)n6)CC5)CCCCC4)CC3)c(F)c2)C(=O)N1. The summed E-state index contributed by atoms with van der Waals surface area (Å²) in [5.74, 6) is -1.25. The lowest BCUT2D eigenvalue weighted by Crippen LogP contribution is -2.65. The van der Waals surface area contributed by atoms with Crippen molar-refractivity contribution >= 4 is 35.0 Å². The molecule has 4 N–H and O–H groups in total. The number of nitrogens with one attached hydrogen (secondary N) is 4. The van der Waals surface area contributed by atoms with Gasteiger partial charge >= 0.3 is 0 Å². The predicted molar refractivity (Wildman–Crippen MR) is 217 cm³/mol. The number of carbonyl (C=O) groups excluding carboxylic acids is 3. The van der Waals surface area contributed by atoms with Crippen LogP contribution in [0.1, 0.15) is 70.6 Å². The molecule has 0 spiro atoms. The first-order chi connectivity index (χ1) is 28.1. The van der Waals surface area contributed by atoms with E-state index in [9.17, 15) is 19.2 Å². The average Bonchev–Trinajstić information content (AvgIpc) is 3.24. The molecule has 1 atom stereocenters. The van der Waals surface area contributed by atoms with Crippen LogP contribution in [-0.4, -0.2) is 87.0 Å². The van der Waals surface area contributed by atoms with Gasteiger partial charge in [0, 0.05) is 73.9 Å². The van der Waals surface area contributed by atoms with E-state index in [1.54, 1.807) is 54.7 Å². The maximum atomic E-state index is 15.4. The van der Waals surface area contributed by atoms with Gasteiger partial charge in [0.1, 0.15) is 23.1 Å². The van der Waals surface area contributed by atoms with E-state index in [0.29, 0.717) is 61.2 Å². The lowest BCUT2D eigenvalue weighted by Gasteiger charge is -2.49. The van der Waals surface area contributed by atoms with Crippen molar-refractivity contribution in [1.82, 2.24) is 30.1 Å². The monoisotopic (exact) mass is 793 g/mol. The van der Waals surface area contributed by atoms with Crippen molar-refractivity contribution in [3.63, 3.8) is 0 Å². The fourth-order valence-electron chi connectivity index (χ4n) is 9.05. The molecule has 13 nitrogen and oxygen atoms in total. The zero-order valence-corrected chi connectivity index (χ0v) is 32.4. The molecule has 2 saturated heterocycles. The maximum absolute atomic E-state index is 15.4. The van der Waals surface area contributed by atoms with Crippen LogP contribution in [0, 0.1) is 11.6 Å². The van der Waals surface area contributed by atoms with E-state index in [1.165, 1.54) is 16.7 Å². The van der Waals surface area contributed by atoms with Crippen LogP contribution in [0.15, 0.2) is 77.9 Å². The van der Waals surface area contributed by atoms with Crippen LogP contribution in [0.2, 0.25) is 0 Å². The number of imide groups is 1. The summed E-state index contributed by atoms with van der Waals surface area (Å²) in [5.41, 5.74) is 1.46. The zero-order chi connectivity index (χ0) is 40.2. The lowest BCUT2D eigenvalue weighted by molar-refractivity contribution is -0.137. The third-order valence-electron chi connectivity index (χ3n) is 12.2. The quantitative estimate of drug-likeness (QED) is 0.159. The van der Waals surface area contributed by atoms with Gasteiger partial charge in [-0.15, -0.1) is 0 Å². The molecule has 0 bridgehead atoms. The highest BCUT2D eigenvalue weighted by atomic mass is 19.1. The summed E-state index contributed by atoms with van der Waals surface area (Å²) in [4.78, 5) is 63.4. The maximum Gasteiger partial charge on any atom is 0.255 e. The molecular weight excluding hydrogens is 745 g/mol. The third kappa shape index (κ3) is 8.45. The van der Waals surface area contributed by atoms with Crippen LogP contribution in [0.3, 0.4) is 0 Å². The molecule has 0 unspecified atom stereocenters. The molecule has 2 aliphatic heterocycles.